The van der Waals surface area contributed by atoms with Crippen LogP contribution in [-0.2, 0) is 16.8 Å². The van der Waals surface area contributed by atoms with Gasteiger partial charge < -0.3 is 8.37 Å². The van der Waals surface area contributed by atoms with Crippen LogP contribution in [-0.4, -0.2) is 8.42 Å². The quantitative estimate of drug-likeness (QED) is 0.686. The standard InChI is InChI=1S/C18H28O4S/c1-13(2)10-15(4)11-14(3)6-5-7-16-8-9-17-18(12-16)22-23(19,20)21-17/h8-9,12-15H,5-7,10-11H2,1-4H3. The molecule has 0 saturated carbocycles. The highest BCUT2D eigenvalue weighted by atomic mass is 32.3. The maximum Gasteiger partial charge on any atom is 0.501 e. The van der Waals surface area contributed by atoms with E-state index in [9.17, 15) is 8.42 Å². The van der Waals surface area contributed by atoms with Crippen LogP contribution >= 0.6 is 0 Å². The van der Waals surface area contributed by atoms with E-state index in [1.54, 1.807) is 12.1 Å². The molecule has 1 aliphatic rings. The van der Waals surface area contributed by atoms with E-state index in [0.29, 0.717) is 5.75 Å². The lowest BCUT2D eigenvalue weighted by molar-refractivity contribution is 0.339. The minimum absolute atomic E-state index is 0.282. The highest BCUT2D eigenvalue weighted by Gasteiger charge is 2.28. The van der Waals surface area contributed by atoms with Crippen LogP contribution < -0.4 is 8.37 Å². The van der Waals surface area contributed by atoms with Crippen LogP contribution in [0.5, 0.6) is 11.5 Å². The number of benzene rings is 1. The normalized spacial score (nSPS) is 18.1. The van der Waals surface area contributed by atoms with E-state index in [0.717, 1.165) is 36.2 Å². The molecule has 0 radical (unpaired) electrons. The second kappa shape index (κ2) is 7.56. The van der Waals surface area contributed by atoms with Gasteiger partial charge in [0.2, 0.25) is 0 Å². The molecule has 0 aliphatic carbocycles. The molecule has 0 fully saturated rings. The smallest absolute Gasteiger partial charge is 0.349 e. The average molecular weight is 340 g/mol. The molecule has 2 rings (SSSR count). The maximum atomic E-state index is 11.2. The first-order chi connectivity index (χ1) is 10.7. The predicted molar refractivity (Wildman–Crippen MR) is 92.0 cm³/mol. The van der Waals surface area contributed by atoms with Crippen molar-refractivity contribution in [2.75, 3.05) is 0 Å². The van der Waals surface area contributed by atoms with E-state index in [1.165, 1.54) is 19.3 Å². The van der Waals surface area contributed by atoms with Gasteiger partial charge in [-0.05, 0) is 61.1 Å². The summed E-state index contributed by atoms with van der Waals surface area (Å²) >= 11 is 0. The fourth-order valence-electron chi connectivity index (χ4n) is 3.44. The third-order valence-corrected chi connectivity index (χ3v) is 5.00. The molecular formula is C18H28O4S. The second-order valence-electron chi connectivity index (χ2n) is 7.32. The van der Waals surface area contributed by atoms with E-state index in [-0.39, 0.29) is 5.75 Å². The lowest BCUT2D eigenvalue weighted by atomic mass is 9.88. The molecule has 0 bridgehead atoms. The minimum atomic E-state index is -3.88. The summed E-state index contributed by atoms with van der Waals surface area (Å²) in [6, 6.07) is 5.35. The Kier molecular flexibility index (Phi) is 5.95. The first kappa shape index (κ1) is 18.1. The van der Waals surface area contributed by atoms with Crippen molar-refractivity contribution in [2.24, 2.45) is 17.8 Å². The number of hydrogen-bond acceptors (Lipinski definition) is 4. The van der Waals surface area contributed by atoms with Crippen LogP contribution in [0.4, 0.5) is 0 Å². The molecule has 0 amide bonds. The Morgan fingerprint density at radius 3 is 2.35 bits per heavy atom. The van der Waals surface area contributed by atoms with Crippen molar-refractivity contribution in [1.29, 1.82) is 0 Å². The molecule has 0 N–H and O–H groups in total. The SMILES string of the molecule is CC(C)CC(C)CC(C)CCCc1ccc2c(c1)OS(=O)(=O)O2. The molecule has 0 aromatic heterocycles. The molecule has 1 heterocycles. The second-order valence-corrected chi connectivity index (χ2v) is 8.47. The molecule has 2 atom stereocenters. The highest BCUT2D eigenvalue weighted by molar-refractivity contribution is 7.82. The summed E-state index contributed by atoms with van der Waals surface area (Å²) in [6.45, 7) is 9.22. The van der Waals surface area contributed by atoms with E-state index < -0.39 is 10.4 Å². The van der Waals surface area contributed by atoms with Crippen molar-refractivity contribution in [2.45, 2.75) is 59.8 Å². The summed E-state index contributed by atoms with van der Waals surface area (Å²) in [5.41, 5.74) is 1.09. The monoisotopic (exact) mass is 340 g/mol. The lowest BCUT2D eigenvalue weighted by Crippen LogP contribution is -2.07. The van der Waals surface area contributed by atoms with E-state index in [2.05, 4.69) is 27.7 Å². The summed E-state index contributed by atoms with van der Waals surface area (Å²) in [5.74, 6) is 2.85. The fourth-order valence-corrected chi connectivity index (χ4v) is 4.18. The summed E-state index contributed by atoms with van der Waals surface area (Å²) < 4.78 is 32.0. The van der Waals surface area contributed by atoms with Crippen LogP contribution in [0.25, 0.3) is 0 Å². The summed E-state index contributed by atoms with van der Waals surface area (Å²) in [7, 11) is -3.88. The topological polar surface area (TPSA) is 52.6 Å². The van der Waals surface area contributed by atoms with E-state index in [4.69, 9.17) is 8.37 Å². The van der Waals surface area contributed by atoms with Crippen LogP contribution in [0.2, 0.25) is 0 Å². The number of rotatable bonds is 8. The third kappa shape index (κ3) is 5.72. The molecule has 4 nitrogen and oxygen atoms in total. The van der Waals surface area contributed by atoms with Gasteiger partial charge in [-0.2, -0.15) is 0 Å². The Bertz CT molecular complexity index is 622. The van der Waals surface area contributed by atoms with Gasteiger partial charge in [-0.3, -0.25) is 0 Å². The van der Waals surface area contributed by atoms with E-state index in [1.807, 2.05) is 6.07 Å². The number of hydrogen-bond donors (Lipinski definition) is 0. The zero-order valence-corrected chi connectivity index (χ0v) is 15.4. The van der Waals surface area contributed by atoms with Gasteiger partial charge in [0.25, 0.3) is 0 Å². The van der Waals surface area contributed by atoms with Crippen molar-refractivity contribution in [3.63, 3.8) is 0 Å². The molecule has 0 spiro atoms. The number of fused-ring (bicyclic) bond motifs is 1. The molecular weight excluding hydrogens is 312 g/mol. The van der Waals surface area contributed by atoms with Crippen molar-refractivity contribution < 1.29 is 16.8 Å². The summed E-state index contributed by atoms with van der Waals surface area (Å²) in [5, 5.41) is 0. The molecule has 130 valence electrons. The van der Waals surface area contributed by atoms with Crippen LogP contribution in [0.3, 0.4) is 0 Å². The van der Waals surface area contributed by atoms with Crippen LogP contribution in [0, 0.1) is 17.8 Å². The summed E-state index contributed by atoms with van der Waals surface area (Å²) in [4.78, 5) is 0. The Morgan fingerprint density at radius 2 is 1.65 bits per heavy atom. The Morgan fingerprint density at radius 1 is 0.957 bits per heavy atom. The molecule has 2 unspecified atom stereocenters. The van der Waals surface area contributed by atoms with Gasteiger partial charge in [0.1, 0.15) is 0 Å². The minimum Gasteiger partial charge on any atom is -0.349 e. The summed E-state index contributed by atoms with van der Waals surface area (Å²) in [6.07, 6.45) is 5.79. The molecule has 0 saturated heterocycles. The maximum absolute atomic E-state index is 11.2. The van der Waals surface area contributed by atoms with Crippen molar-refractivity contribution in [3.8, 4) is 11.5 Å². The average Bonchev–Trinajstić information content (AvgIpc) is 2.70. The number of aryl methyl sites for hydroxylation is 1. The third-order valence-electron chi connectivity index (χ3n) is 4.23. The molecule has 1 aliphatic heterocycles. The Hall–Kier alpha value is -1.23. The Balaban J connectivity index is 1.77. The van der Waals surface area contributed by atoms with Gasteiger partial charge in [-0.25, -0.2) is 0 Å². The Labute approximate surface area is 140 Å². The van der Waals surface area contributed by atoms with Crippen molar-refractivity contribution in [3.05, 3.63) is 23.8 Å². The molecule has 5 heteroatoms. The molecule has 1 aromatic rings. The van der Waals surface area contributed by atoms with Crippen molar-refractivity contribution in [1.82, 2.24) is 0 Å². The van der Waals surface area contributed by atoms with Crippen LogP contribution in [0.1, 0.15) is 58.9 Å². The first-order valence-corrected chi connectivity index (χ1v) is 9.85. The zero-order valence-electron chi connectivity index (χ0n) is 14.5. The first-order valence-electron chi connectivity index (χ1n) is 8.52. The van der Waals surface area contributed by atoms with Gasteiger partial charge in [0.05, 0.1) is 0 Å². The molecule has 1 aromatic carbocycles. The van der Waals surface area contributed by atoms with Crippen molar-refractivity contribution >= 4 is 10.4 Å². The highest BCUT2D eigenvalue weighted by Crippen LogP contribution is 2.36. The predicted octanol–water partition coefficient (Wildman–Crippen LogP) is 4.73. The van der Waals surface area contributed by atoms with Crippen LogP contribution in [0.15, 0.2) is 18.2 Å². The van der Waals surface area contributed by atoms with Gasteiger partial charge >= 0.3 is 10.4 Å². The van der Waals surface area contributed by atoms with Gasteiger partial charge in [0.15, 0.2) is 11.5 Å². The lowest BCUT2D eigenvalue weighted by Gasteiger charge is -2.18. The van der Waals surface area contributed by atoms with Gasteiger partial charge in [-0.15, -0.1) is 8.42 Å². The van der Waals surface area contributed by atoms with Gasteiger partial charge in [-0.1, -0.05) is 40.2 Å². The van der Waals surface area contributed by atoms with E-state index >= 15 is 0 Å². The molecule has 23 heavy (non-hydrogen) atoms. The largest absolute Gasteiger partial charge is 0.501 e. The fraction of sp³-hybridized carbons (Fsp3) is 0.667. The van der Waals surface area contributed by atoms with Gasteiger partial charge in [0, 0.05) is 0 Å². The zero-order chi connectivity index (χ0) is 17.0.